The first kappa shape index (κ1) is 19.2. The van der Waals surface area contributed by atoms with Gasteiger partial charge in [-0.25, -0.2) is 0 Å². The van der Waals surface area contributed by atoms with E-state index in [1.165, 1.54) is 6.92 Å². The Hall–Kier alpha value is -2.10. The van der Waals surface area contributed by atoms with Crippen molar-refractivity contribution in [2.75, 3.05) is 6.54 Å². The Morgan fingerprint density at radius 3 is 2.40 bits per heavy atom. The third kappa shape index (κ3) is 4.12. The number of benzene rings is 1. The van der Waals surface area contributed by atoms with Gasteiger partial charge in [0.15, 0.2) is 0 Å². The Morgan fingerprint density at radius 1 is 1.28 bits per heavy atom. The van der Waals surface area contributed by atoms with E-state index in [1.807, 2.05) is 52.8 Å². The largest absolute Gasteiger partial charge is 0.492 e. The van der Waals surface area contributed by atoms with Crippen LogP contribution >= 0.6 is 0 Å². The molecule has 1 N–H and O–H groups in total. The van der Waals surface area contributed by atoms with Crippen molar-refractivity contribution in [2.45, 2.75) is 52.7 Å². The summed E-state index contributed by atoms with van der Waals surface area (Å²) >= 11 is 0. The second-order valence-electron chi connectivity index (χ2n) is 7.35. The van der Waals surface area contributed by atoms with E-state index >= 15 is 0 Å². The van der Waals surface area contributed by atoms with E-state index in [1.54, 1.807) is 6.07 Å². The molecule has 0 aromatic heterocycles. The number of nitriles is 1. The fourth-order valence-corrected chi connectivity index (χ4v) is 2.55. The van der Waals surface area contributed by atoms with Gasteiger partial charge in [0.1, 0.15) is 0 Å². The van der Waals surface area contributed by atoms with E-state index in [2.05, 4.69) is 11.4 Å². The summed E-state index contributed by atoms with van der Waals surface area (Å²) in [5.41, 5.74) is 2.32. The van der Waals surface area contributed by atoms with Crippen LogP contribution in [0.15, 0.2) is 23.7 Å². The second-order valence-corrected chi connectivity index (χ2v) is 7.35. The van der Waals surface area contributed by atoms with E-state index in [0.717, 1.165) is 16.6 Å². The average molecular weight is 340 g/mol. The van der Waals surface area contributed by atoms with Crippen molar-refractivity contribution >= 4 is 19.1 Å². The number of nitrogens with one attached hydrogen (secondary N) is 1. The molecule has 0 atom stereocenters. The Labute approximate surface area is 150 Å². The van der Waals surface area contributed by atoms with E-state index in [0.29, 0.717) is 12.1 Å². The van der Waals surface area contributed by atoms with Gasteiger partial charge in [-0.2, -0.15) is 5.26 Å². The predicted octanol–water partition coefficient (Wildman–Crippen LogP) is 3.02. The Morgan fingerprint density at radius 2 is 1.88 bits per heavy atom. The van der Waals surface area contributed by atoms with Crippen molar-refractivity contribution < 1.29 is 14.1 Å². The Balaban J connectivity index is 2.41. The summed E-state index contributed by atoms with van der Waals surface area (Å²) < 4.78 is 12.2. The van der Waals surface area contributed by atoms with Crippen LogP contribution in [0, 0.1) is 18.3 Å². The predicted molar refractivity (Wildman–Crippen MR) is 98.6 cm³/mol. The molecule has 1 heterocycles. The lowest BCUT2D eigenvalue weighted by atomic mass is 9.76. The van der Waals surface area contributed by atoms with Crippen LogP contribution in [-0.2, 0) is 14.1 Å². The Bertz CT molecular complexity index is 732. The minimum atomic E-state index is -0.554. The maximum absolute atomic E-state index is 11.4. The van der Waals surface area contributed by atoms with Gasteiger partial charge in [0.25, 0.3) is 0 Å². The monoisotopic (exact) mass is 340 g/mol. The van der Waals surface area contributed by atoms with Crippen molar-refractivity contribution in [3.63, 3.8) is 0 Å². The molecule has 1 aliphatic heterocycles. The van der Waals surface area contributed by atoms with E-state index < -0.39 is 18.3 Å². The molecule has 0 spiro atoms. The van der Waals surface area contributed by atoms with Crippen LogP contribution in [0.5, 0.6) is 0 Å². The smallest absolute Gasteiger partial charge is 0.400 e. The Kier molecular flexibility index (Phi) is 5.41. The quantitative estimate of drug-likeness (QED) is 0.856. The second kappa shape index (κ2) is 7.03. The minimum absolute atomic E-state index is 0.120. The molecule has 1 aliphatic rings. The van der Waals surface area contributed by atoms with Gasteiger partial charge in [-0.1, -0.05) is 18.2 Å². The van der Waals surface area contributed by atoms with Crippen molar-refractivity contribution in [3.8, 4) is 6.07 Å². The first-order chi connectivity index (χ1) is 11.6. The van der Waals surface area contributed by atoms with Gasteiger partial charge in [-0.3, -0.25) is 4.79 Å². The molecule has 0 bridgehead atoms. The number of carbonyl (C=O) groups excluding carboxylic acids is 1. The van der Waals surface area contributed by atoms with Gasteiger partial charge >= 0.3 is 7.12 Å². The molecule has 0 unspecified atom stereocenters. The molecule has 0 aliphatic carbocycles. The molecule has 2 rings (SSSR count). The number of rotatable bonds is 4. The van der Waals surface area contributed by atoms with Gasteiger partial charge in [-0.05, 0) is 57.3 Å². The third-order valence-corrected chi connectivity index (χ3v) is 4.93. The first-order valence-electron chi connectivity index (χ1n) is 8.37. The summed E-state index contributed by atoms with van der Waals surface area (Å²) in [5.74, 6) is -0.120. The standard InChI is InChI=1S/C19H25BN2O3/c1-13-15(8-7-9-16(13)11-21)10-17(12-22-14(2)23)20-24-18(3,4)19(5,6)25-20/h7-10H,12H2,1-6H3,(H,22,23). The molecular weight excluding hydrogens is 315 g/mol. The van der Waals surface area contributed by atoms with E-state index in [-0.39, 0.29) is 5.91 Å². The maximum atomic E-state index is 11.4. The summed E-state index contributed by atoms with van der Waals surface area (Å²) in [6, 6.07) is 7.76. The molecule has 5 nitrogen and oxygen atoms in total. The lowest BCUT2D eigenvalue weighted by molar-refractivity contribution is -0.118. The minimum Gasteiger partial charge on any atom is -0.400 e. The summed E-state index contributed by atoms with van der Waals surface area (Å²) in [7, 11) is -0.554. The van der Waals surface area contributed by atoms with Crippen molar-refractivity contribution in [1.82, 2.24) is 5.32 Å². The molecule has 6 heteroatoms. The normalized spacial score (nSPS) is 18.8. The molecule has 1 saturated heterocycles. The summed E-state index contributed by atoms with van der Waals surface area (Å²) in [4.78, 5) is 11.4. The van der Waals surface area contributed by atoms with Crippen LogP contribution in [0.3, 0.4) is 0 Å². The van der Waals surface area contributed by atoms with Gasteiger partial charge in [-0.15, -0.1) is 0 Å². The number of carbonyl (C=O) groups is 1. The SMILES string of the molecule is CC(=O)NCC(=Cc1cccc(C#N)c1C)B1OC(C)(C)C(C)(C)O1. The molecule has 1 amide bonds. The van der Waals surface area contributed by atoms with Crippen LogP contribution in [0.4, 0.5) is 0 Å². The molecule has 25 heavy (non-hydrogen) atoms. The highest BCUT2D eigenvalue weighted by Crippen LogP contribution is 2.38. The third-order valence-electron chi connectivity index (χ3n) is 4.93. The lowest BCUT2D eigenvalue weighted by Crippen LogP contribution is -2.41. The maximum Gasteiger partial charge on any atom is 0.492 e. The topological polar surface area (TPSA) is 71.4 Å². The summed E-state index contributed by atoms with van der Waals surface area (Å²) in [6.07, 6.45) is 1.94. The fraction of sp³-hybridized carbons (Fsp3) is 0.474. The van der Waals surface area contributed by atoms with Crippen molar-refractivity contribution in [2.24, 2.45) is 0 Å². The van der Waals surface area contributed by atoms with Crippen molar-refractivity contribution in [1.29, 1.82) is 5.26 Å². The highest BCUT2D eigenvalue weighted by molar-refractivity contribution is 6.56. The summed E-state index contributed by atoms with van der Waals surface area (Å²) in [5, 5.41) is 12.0. The van der Waals surface area contributed by atoms with E-state index in [9.17, 15) is 10.1 Å². The lowest BCUT2D eigenvalue weighted by Gasteiger charge is -2.32. The molecule has 1 aromatic rings. The molecule has 1 fully saturated rings. The summed E-state index contributed by atoms with van der Waals surface area (Å²) in [6.45, 7) is 11.7. The highest BCUT2D eigenvalue weighted by atomic mass is 16.7. The number of hydrogen-bond donors (Lipinski definition) is 1. The zero-order valence-electron chi connectivity index (χ0n) is 15.8. The molecule has 132 valence electrons. The fourth-order valence-electron chi connectivity index (χ4n) is 2.55. The number of nitrogens with zero attached hydrogens (tertiary/aromatic N) is 1. The van der Waals surface area contributed by atoms with Gasteiger partial charge in [0.05, 0.1) is 22.8 Å². The molecule has 0 saturated carbocycles. The van der Waals surface area contributed by atoms with Crippen LogP contribution in [0.1, 0.15) is 51.3 Å². The van der Waals surface area contributed by atoms with Gasteiger partial charge < -0.3 is 14.6 Å². The first-order valence-corrected chi connectivity index (χ1v) is 8.37. The molecule has 0 radical (unpaired) electrons. The zero-order valence-corrected chi connectivity index (χ0v) is 15.8. The van der Waals surface area contributed by atoms with Crippen LogP contribution < -0.4 is 5.32 Å². The van der Waals surface area contributed by atoms with Crippen LogP contribution in [0.2, 0.25) is 0 Å². The van der Waals surface area contributed by atoms with Gasteiger partial charge in [0, 0.05) is 13.5 Å². The number of amides is 1. The zero-order chi connectivity index (χ0) is 18.8. The van der Waals surface area contributed by atoms with Crippen LogP contribution in [0.25, 0.3) is 6.08 Å². The number of hydrogen-bond acceptors (Lipinski definition) is 4. The average Bonchev–Trinajstić information content (AvgIpc) is 2.73. The van der Waals surface area contributed by atoms with E-state index in [4.69, 9.17) is 9.31 Å². The van der Waals surface area contributed by atoms with Crippen LogP contribution in [-0.4, -0.2) is 30.8 Å². The highest BCUT2D eigenvalue weighted by Gasteiger charge is 2.52. The molecular formula is C19H25BN2O3. The van der Waals surface area contributed by atoms with Crippen molar-refractivity contribution in [3.05, 3.63) is 40.4 Å². The molecule has 1 aromatic carbocycles. The van der Waals surface area contributed by atoms with Gasteiger partial charge in [0.2, 0.25) is 5.91 Å².